The number of rotatable bonds is 13. The van der Waals surface area contributed by atoms with E-state index in [9.17, 15) is 19.2 Å². The van der Waals surface area contributed by atoms with Crippen molar-refractivity contribution >= 4 is 30.7 Å². The van der Waals surface area contributed by atoms with Gasteiger partial charge >= 0.3 is 6.09 Å². The summed E-state index contributed by atoms with van der Waals surface area (Å²) in [7, 11) is 1.00. The molecule has 1 unspecified atom stereocenters. The second-order valence-corrected chi connectivity index (χ2v) is 7.58. The molecule has 0 saturated carbocycles. The normalized spacial score (nSPS) is 9.78. The predicted octanol–water partition coefficient (Wildman–Crippen LogP) is 2.75. The minimum absolute atomic E-state index is 0.0284. The molecule has 37 heavy (non-hydrogen) atoms. The number of aliphatic hydroxyl groups is 1. The average molecular weight is 528 g/mol. The van der Waals surface area contributed by atoms with Crippen molar-refractivity contribution in [2.45, 2.75) is 72.4 Å². The van der Waals surface area contributed by atoms with Gasteiger partial charge < -0.3 is 30.4 Å². The maximum Gasteiger partial charge on any atom is 0.411 e. The van der Waals surface area contributed by atoms with E-state index in [2.05, 4.69) is 31.4 Å². The highest BCUT2D eigenvalue weighted by Gasteiger charge is 2.22. The third kappa shape index (κ3) is 25.4. The fraction of sp³-hybridized carbons (Fsp3) is 0.577. The number of nitrogens with one attached hydrogen (secondary N) is 2. The number of aldehydes is 1. The molecule has 0 saturated heterocycles. The Kier molecular flexibility index (Phi) is 29.6. The minimum Gasteiger partial charge on any atom is -0.483 e. The van der Waals surface area contributed by atoms with Crippen LogP contribution >= 0.6 is 0 Å². The highest BCUT2D eigenvalue weighted by atomic mass is 16.6. The smallest absolute Gasteiger partial charge is 0.411 e. The molecule has 1 rings (SSSR count). The monoisotopic (exact) mass is 527 g/mol. The standard InChI is InChI=1S/C20H29N3O5.C4H10.CH2O2.CH4O/c1-3-4-8-16(2)22-19(26)14-23(13-18(25)21-11-12-24)20(27)28-15-17-9-6-5-7-10-17;1-3-4-2;2-1-3;1-2/h5-7,9-10,12,16H,3-4,8,11,13-15H2,1-2H3,(H,21,25)(H,22,26);3-4H2,1-2H3;1H,(H,2,3);2H,1H3. The zero-order valence-electron chi connectivity index (χ0n) is 22.8. The van der Waals surface area contributed by atoms with Gasteiger partial charge in [-0.1, -0.05) is 76.8 Å². The summed E-state index contributed by atoms with van der Waals surface area (Å²) < 4.78 is 5.22. The summed E-state index contributed by atoms with van der Waals surface area (Å²) in [6, 6.07) is 9.06. The Morgan fingerprint density at radius 3 is 2.00 bits per heavy atom. The molecule has 1 aromatic rings. The fourth-order valence-corrected chi connectivity index (χ4v) is 2.46. The second-order valence-electron chi connectivity index (χ2n) is 7.58. The SMILES string of the molecule is CCCC.CCCCC(C)NC(=O)CN(CC(=O)NCC=O)C(=O)OCc1ccccc1.CO.O=CO. The van der Waals surface area contributed by atoms with Gasteiger partial charge in [-0.25, -0.2) is 4.79 Å². The minimum atomic E-state index is -0.776. The molecule has 4 N–H and O–H groups in total. The van der Waals surface area contributed by atoms with Crippen LogP contribution in [0, 0.1) is 0 Å². The zero-order chi connectivity index (χ0) is 28.9. The molecule has 11 heteroatoms. The van der Waals surface area contributed by atoms with Gasteiger partial charge in [-0.3, -0.25) is 19.3 Å². The van der Waals surface area contributed by atoms with E-state index in [4.69, 9.17) is 19.7 Å². The summed E-state index contributed by atoms with van der Waals surface area (Å²) in [4.78, 5) is 56.3. The first-order valence-electron chi connectivity index (χ1n) is 12.3. The van der Waals surface area contributed by atoms with Gasteiger partial charge in [0, 0.05) is 13.2 Å². The van der Waals surface area contributed by atoms with Gasteiger partial charge in [-0.15, -0.1) is 0 Å². The van der Waals surface area contributed by atoms with Gasteiger partial charge in [0.2, 0.25) is 11.8 Å². The lowest BCUT2D eigenvalue weighted by Gasteiger charge is -2.22. The van der Waals surface area contributed by atoms with Crippen molar-refractivity contribution in [3.63, 3.8) is 0 Å². The van der Waals surface area contributed by atoms with Crippen LogP contribution in [0.2, 0.25) is 0 Å². The summed E-state index contributed by atoms with van der Waals surface area (Å²) in [5.74, 6) is -0.918. The second kappa shape index (κ2) is 28.8. The van der Waals surface area contributed by atoms with E-state index >= 15 is 0 Å². The number of unbranched alkanes of at least 4 members (excludes halogenated alkanes) is 2. The molecular formula is C26H45N3O8. The molecule has 0 aliphatic heterocycles. The number of carbonyl (C=O) groups is 5. The number of amides is 3. The Balaban J connectivity index is -0.00000112. The molecule has 0 bridgehead atoms. The van der Waals surface area contributed by atoms with E-state index in [0.29, 0.717) is 6.29 Å². The summed E-state index contributed by atoms with van der Waals surface area (Å²) >= 11 is 0. The first-order chi connectivity index (χ1) is 17.8. The van der Waals surface area contributed by atoms with Gasteiger partial charge in [0.15, 0.2) is 0 Å². The van der Waals surface area contributed by atoms with Crippen LogP contribution in [0.3, 0.4) is 0 Å². The molecule has 3 amide bonds. The van der Waals surface area contributed by atoms with Crippen LogP contribution in [0.25, 0.3) is 0 Å². The van der Waals surface area contributed by atoms with Crippen molar-refractivity contribution in [1.29, 1.82) is 0 Å². The van der Waals surface area contributed by atoms with E-state index < -0.39 is 12.0 Å². The molecule has 0 spiro atoms. The Labute approximate surface area is 220 Å². The molecule has 1 aromatic carbocycles. The largest absolute Gasteiger partial charge is 0.483 e. The third-order valence-electron chi connectivity index (χ3n) is 4.41. The van der Waals surface area contributed by atoms with E-state index in [0.717, 1.165) is 36.8 Å². The lowest BCUT2D eigenvalue weighted by Crippen LogP contribution is -2.47. The number of benzene rings is 1. The summed E-state index contributed by atoms with van der Waals surface area (Å²) in [6.45, 7) is 7.25. The zero-order valence-corrected chi connectivity index (χ0v) is 22.8. The van der Waals surface area contributed by atoms with Crippen molar-refractivity contribution in [2.24, 2.45) is 0 Å². The third-order valence-corrected chi connectivity index (χ3v) is 4.41. The highest BCUT2D eigenvalue weighted by Crippen LogP contribution is 2.04. The number of hydrogen-bond acceptors (Lipinski definition) is 7. The lowest BCUT2D eigenvalue weighted by atomic mass is 10.1. The van der Waals surface area contributed by atoms with E-state index in [-0.39, 0.29) is 44.7 Å². The van der Waals surface area contributed by atoms with Crippen LogP contribution in [-0.2, 0) is 30.5 Å². The topological polar surface area (TPSA) is 162 Å². The predicted molar refractivity (Wildman–Crippen MR) is 142 cm³/mol. The molecule has 0 aliphatic rings. The molecular weight excluding hydrogens is 482 g/mol. The van der Waals surface area contributed by atoms with Crippen molar-refractivity contribution in [1.82, 2.24) is 15.5 Å². The molecule has 1 atom stereocenters. The molecule has 0 aromatic heterocycles. The Morgan fingerprint density at radius 1 is 0.973 bits per heavy atom. The Hall–Kier alpha value is -3.47. The molecule has 0 radical (unpaired) electrons. The number of carboxylic acid groups (broad SMARTS) is 1. The highest BCUT2D eigenvalue weighted by molar-refractivity contribution is 5.87. The number of nitrogens with zero attached hydrogens (tertiary/aromatic N) is 1. The van der Waals surface area contributed by atoms with Crippen LogP contribution in [0.4, 0.5) is 4.79 Å². The Bertz CT molecular complexity index is 715. The fourth-order valence-electron chi connectivity index (χ4n) is 2.46. The molecule has 11 nitrogen and oxygen atoms in total. The quantitative estimate of drug-likeness (QED) is 0.285. The first kappa shape index (κ1) is 38.1. The molecule has 0 aliphatic carbocycles. The van der Waals surface area contributed by atoms with Crippen LogP contribution in [-0.4, -0.2) is 78.6 Å². The van der Waals surface area contributed by atoms with Gasteiger partial charge in [-0.05, 0) is 18.9 Å². The van der Waals surface area contributed by atoms with Crippen LogP contribution in [0.5, 0.6) is 0 Å². The van der Waals surface area contributed by atoms with Crippen molar-refractivity contribution in [3.8, 4) is 0 Å². The molecule has 212 valence electrons. The lowest BCUT2D eigenvalue weighted by molar-refractivity contribution is -0.126. The van der Waals surface area contributed by atoms with Crippen LogP contribution < -0.4 is 10.6 Å². The van der Waals surface area contributed by atoms with E-state index in [1.165, 1.54) is 12.8 Å². The average Bonchev–Trinajstić information content (AvgIpc) is 2.91. The number of carbonyl (C=O) groups excluding carboxylic acids is 4. The maximum absolute atomic E-state index is 12.4. The number of ether oxygens (including phenoxy) is 1. The van der Waals surface area contributed by atoms with Crippen LogP contribution in [0.1, 0.15) is 65.4 Å². The van der Waals surface area contributed by atoms with Crippen LogP contribution in [0.15, 0.2) is 30.3 Å². The van der Waals surface area contributed by atoms with Gasteiger partial charge in [-0.2, -0.15) is 0 Å². The maximum atomic E-state index is 12.4. The Morgan fingerprint density at radius 2 is 1.51 bits per heavy atom. The van der Waals surface area contributed by atoms with Crippen molar-refractivity contribution in [3.05, 3.63) is 35.9 Å². The van der Waals surface area contributed by atoms with Crippen molar-refractivity contribution in [2.75, 3.05) is 26.7 Å². The number of aliphatic hydroxyl groups excluding tert-OH is 1. The van der Waals surface area contributed by atoms with E-state index in [1.54, 1.807) is 12.1 Å². The summed E-state index contributed by atoms with van der Waals surface area (Å²) in [6.07, 6.45) is 5.24. The van der Waals surface area contributed by atoms with E-state index in [1.807, 2.05) is 25.1 Å². The van der Waals surface area contributed by atoms with Gasteiger partial charge in [0.25, 0.3) is 6.47 Å². The first-order valence-corrected chi connectivity index (χ1v) is 12.3. The molecule has 0 fully saturated rings. The van der Waals surface area contributed by atoms with Crippen molar-refractivity contribution < 1.29 is 38.9 Å². The molecule has 0 heterocycles. The van der Waals surface area contributed by atoms with Gasteiger partial charge in [0.05, 0.1) is 6.54 Å². The van der Waals surface area contributed by atoms with Gasteiger partial charge in [0.1, 0.15) is 26.0 Å². The summed E-state index contributed by atoms with van der Waals surface area (Å²) in [5.41, 5.74) is 0.791. The summed E-state index contributed by atoms with van der Waals surface area (Å²) in [5, 5.41) is 19.0. The number of hydrogen-bond donors (Lipinski definition) is 4.